The van der Waals surface area contributed by atoms with Crippen molar-refractivity contribution in [3.8, 4) is 0 Å². The molecule has 4 heteroatoms. The molecule has 0 aromatic heterocycles. The second kappa shape index (κ2) is 11.5. The van der Waals surface area contributed by atoms with Crippen molar-refractivity contribution >= 4 is 10.1 Å². The Morgan fingerprint density at radius 3 is 1.81 bits per heavy atom. The van der Waals surface area contributed by atoms with E-state index < -0.39 is 10.1 Å². The molecule has 0 unspecified atom stereocenters. The van der Waals surface area contributed by atoms with Gasteiger partial charge in [0.05, 0.1) is 12.4 Å². The van der Waals surface area contributed by atoms with Crippen LogP contribution in [-0.4, -0.2) is 20.8 Å². The normalized spacial score (nSPS) is 12.8. The fourth-order valence-electron chi connectivity index (χ4n) is 3.64. The first kappa shape index (κ1) is 26.6. The third-order valence-corrected chi connectivity index (χ3v) is 8.21. The molecular formula is C28H42O3S. The van der Waals surface area contributed by atoms with Crippen molar-refractivity contribution < 1.29 is 12.6 Å². The summed E-state index contributed by atoms with van der Waals surface area (Å²) in [5, 5.41) is 0. The van der Waals surface area contributed by atoms with Gasteiger partial charge in [-0.25, -0.2) is 0 Å². The topological polar surface area (TPSA) is 43.4 Å². The molecule has 0 aliphatic carbocycles. The quantitative estimate of drug-likeness (QED) is 0.240. The number of hydrogen-bond acceptors (Lipinski definition) is 3. The molecule has 0 aliphatic rings. The van der Waals surface area contributed by atoms with Crippen LogP contribution in [0.3, 0.4) is 0 Å². The highest BCUT2D eigenvalue weighted by molar-refractivity contribution is 7.86. The van der Waals surface area contributed by atoms with E-state index in [0.717, 1.165) is 31.2 Å². The first-order valence-corrected chi connectivity index (χ1v) is 13.6. The van der Waals surface area contributed by atoms with Crippen LogP contribution in [0.25, 0.3) is 0 Å². The maximum atomic E-state index is 12.3. The molecule has 0 fully saturated rings. The van der Waals surface area contributed by atoms with Gasteiger partial charge in [0, 0.05) is 0 Å². The van der Waals surface area contributed by atoms with Crippen molar-refractivity contribution in [1.82, 2.24) is 0 Å². The van der Waals surface area contributed by atoms with Crippen LogP contribution >= 0.6 is 0 Å². The number of aryl methyl sites for hydroxylation is 2. The fourth-order valence-corrected chi connectivity index (χ4v) is 4.63. The lowest BCUT2D eigenvalue weighted by Crippen LogP contribution is -2.21. The highest BCUT2D eigenvalue weighted by atomic mass is 32.2. The van der Waals surface area contributed by atoms with Crippen LogP contribution in [0.2, 0.25) is 0 Å². The van der Waals surface area contributed by atoms with Crippen LogP contribution < -0.4 is 0 Å². The van der Waals surface area contributed by atoms with Crippen molar-refractivity contribution in [2.24, 2.45) is 0 Å². The van der Waals surface area contributed by atoms with E-state index in [1.807, 2.05) is 30.3 Å². The summed E-state index contributed by atoms with van der Waals surface area (Å²) in [5.41, 5.74) is 5.39. The largest absolute Gasteiger partial charge is 0.270 e. The molecule has 0 atom stereocenters. The van der Waals surface area contributed by atoms with Crippen LogP contribution in [0.1, 0.15) is 89.5 Å². The van der Waals surface area contributed by atoms with Gasteiger partial charge in [-0.3, -0.25) is 4.18 Å². The summed E-state index contributed by atoms with van der Waals surface area (Å²) < 4.78 is 29.8. The smallest absolute Gasteiger partial charge is 0.267 e. The number of benzene rings is 2. The molecule has 2 aromatic carbocycles. The van der Waals surface area contributed by atoms with Crippen molar-refractivity contribution in [2.75, 3.05) is 12.4 Å². The van der Waals surface area contributed by atoms with Gasteiger partial charge in [0.2, 0.25) is 0 Å². The third-order valence-electron chi connectivity index (χ3n) is 6.90. The first-order valence-electron chi connectivity index (χ1n) is 12.0. The Hall–Kier alpha value is -1.65. The number of rotatable bonds is 13. The molecule has 2 aromatic rings. The highest BCUT2D eigenvalue weighted by Crippen LogP contribution is 2.34. The average molecular weight is 459 g/mol. The SMILES string of the molecule is CCC(C)(C)c1cc(CCCOS(=O)(=O)CCCc2ccccc2)cc(C(C)(C)CC)c1. The molecule has 0 spiro atoms. The lowest BCUT2D eigenvalue weighted by Gasteiger charge is -2.29. The van der Waals surface area contributed by atoms with E-state index in [1.54, 1.807) is 0 Å². The van der Waals surface area contributed by atoms with Crippen LogP contribution in [0.15, 0.2) is 48.5 Å². The first-order chi connectivity index (χ1) is 15.0. The van der Waals surface area contributed by atoms with Crippen LogP contribution in [0, 0.1) is 0 Å². The summed E-state index contributed by atoms with van der Waals surface area (Å²) in [6.45, 7) is 13.9. The molecule has 178 valence electrons. The van der Waals surface area contributed by atoms with Gasteiger partial charge in [-0.1, -0.05) is 90.1 Å². The Balaban J connectivity index is 1.94. The van der Waals surface area contributed by atoms with E-state index in [2.05, 4.69) is 59.7 Å². The Morgan fingerprint density at radius 1 is 0.750 bits per heavy atom. The monoisotopic (exact) mass is 458 g/mol. The molecule has 0 radical (unpaired) electrons. The minimum Gasteiger partial charge on any atom is -0.270 e. The highest BCUT2D eigenvalue weighted by Gasteiger charge is 2.24. The zero-order valence-corrected chi connectivity index (χ0v) is 21.7. The zero-order valence-electron chi connectivity index (χ0n) is 20.9. The Kier molecular flexibility index (Phi) is 9.53. The Bertz CT molecular complexity index is 910. The van der Waals surface area contributed by atoms with Gasteiger partial charge in [0.1, 0.15) is 0 Å². The van der Waals surface area contributed by atoms with E-state index in [1.165, 1.54) is 16.7 Å². The maximum absolute atomic E-state index is 12.3. The van der Waals surface area contributed by atoms with Crippen LogP contribution in [-0.2, 0) is 38.0 Å². The van der Waals surface area contributed by atoms with Gasteiger partial charge < -0.3 is 0 Å². The predicted molar refractivity (Wildman–Crippen MR) is 136 cm³/mol. The van der Waals surface area contributed by atoms with E-state index in [0.29, 0.717) is 12.8 Å². The second-order valence-corrected chi connectivity index (χ2v) is 11.9. The van der Waals surface area contributed by atoms with E-state index in [-0.39, 0.29) is 23.2 Å². The molecule has 0 amide bonds. The van der Waals surface area contributed by atoms with Gasteiger partial charge in [-0.2, -0.15) is 8.42 Å². The molecule has 2 rings (SSSR count). The summed E-state index contributed by atoms with van der Waals surface area (Å²) in [4.78, 5) is 0. The van der Waals surface area contributed by atoms with Gasteiger partial charge in [0.15, 0.2) is 0 Å². The maximum Gasteiger partial charge on any atom is 0.267 e. The molecule has 3 nitrogen and oxygen atoms in total. The number of hydrogen-bond donors (Lipinski definition) is 0. The summed E-state index contributed by atoms with van der Waals surface area (Å²) in [6, 6.07) is 16.9. The molecule has 0 saturated heterocycles. The summed E-state index contributed by atoms with van der Waals surface area (Å²) in [5.74, 6) is 0.0664. The van der Waals surface area contributed by atoms with E-state index in [4.69, 9.17) is 4.18 Å². The van der Waals surface area contributed by atoms with Crippen LogP contribution in [0.5, 0.6) is 0 Å². The Labute approximate surface area is 196 Å². The lowest BCUT2D eigenvalue weighted by atomic mass is 9.75. The van der Waals surface area contributed by atoms with Gasteiger partial charge in [0.25, 0.3) is 10.1 Å². The zero-order chi connectivity index (χ0) is 23.8. The lowest BCUT2D eigenvalue weighted by molar-refractivity contribution is 0.312. The van der Waals surface area contributed by atoms with Gasteiger partial charge in [-0.05, 0) is 71.6 Å². The minimum absolute atomic E-state index is 0.0664. The van der Waals surface area contributed by atoms with Crippen molar-refractivity contribution in [3.05, 3.63) is 70.8 Å². The van der Waals surface area contributed by atoms with Crippen molar-refractivity contribution in [2.45, 2.75) is 90.9 Å². The van der Waals surface area contributed by atoms with Crippen molar-refractivity contribution in [3.63, 3.8) is 0 Å². The summed E-state index contributed by atoms with van der Waals surface area (Å²) >= 11 is 0. The molecule has 0 N–H and O–H groups in total. The molecule has 0 aliphatic heterocycles. The summed E-state index contributed by atoms with van der Waals surface area (Å²) in [7, 11) is -3.48. The standard InChI is InChI=1S/C28H42O3S/c1-7-27(3,4)25-20-24(21-26(22-25)28(5,6)8-2)16-12-18-31-32(29,30)19-13-17-23-14-10-9-11-15-23/h9-11,14-15,20-22H,7-8,12-13,16-19H2,1-6H3. The van der Waals surface area contributed by atoms with Crippen molar-refractivity contribution in [1.29, 1.82) is 0 Å². The van der Waals surface area contributed by atoms with Gasteiger partial charge in [-0.15, -0.1) is 0 Å². The molecule has 0 heterocycles. The molecule has 32 heavy (non-hydrogen) atoms. The molecule has 0 saturated carbocycles. The molecule has 0 bridgehead atoms. The predicted octanol–water partition coefficient (Wildman–Crippen LogP) is 6.97. The Morgan fingerprint density at radius 2 is 1.28 bits per heavy atom. The van der Waals surface area contributed by atoms with Gasteiger partial charge >= 0.3 is 0 Å². The van der Waals surface area contributed by atoms with Crippen LogP contribution in [0.4, 0.5) is 0 Å². The van der Waals surface area contributed by atoms with E-state index >= 15 is 0 Å². The molecular weight excluding hydrogens is 416 g/mol. The second-order valence-electron chi connectivity index (χ2n) is 10.2. The fraction of sp³-hybridized carbons (Fsp3) is 0.571. The van der Waals surface area contributed by atoms with E-state index in [9.17, 15) is 8.42 Å². The average Bonchev–Trinajstić information content (AvgIpc) is 2.77. The minimum atomic E-state index is -3.48. The third kappa shape index (κ3) is 8.04. The summed E-state index contributed by atoms with van der Waals surface area (Å²) in [6.07, 6.45) is 4.99.